The summed E-state index contributed by atoms with van der Waals surface area (Å²) in [5.74, 6) is 1.87. The van der Waals surface area contributed by atoms with Crippen LogP contribution >= 0.6 is 0 Å². The number of ether oxygens (including phenoxy) is 1. The molecule has 4 saturated carbocycles. The Kier molecular flexibility index (Phi) is 6.57. The maximum absolute atomic E-state index is 12.4. The van der Waals surface area contributed by atoms with Crippen LogP contribution in [0.3, 0.4) is 0 Å². The molecule has 32 heavy (non-hydrogen) atoms. The summed E-state index contributed by atoms with van der Waals surface area (Å²) in [7, 11) is 1.44. The monoisotopic (exact) mass is 448 g/mol. The van der Waals surface area contributed by atoms with Crippen molar-refractivity contribution in [2.75, 3.05) is 7.11 Å². The van der Waals surface area contributed by atoms with Crippen LogP contribution in [0.1, 0.15) is 85.5 Å². The molecule has 4 rings (SSSR count). The van der Waals surface area contributed by atoms with Crippen LogP contribution in [-0.2, 0) is 14.3 Å². The van der Waals surface area contributed by atoms with E-state index >= 15 is 0 Å². The molecule has 0 heterocycles. The van der Waals surface area contributed by atoms with E-state index in [1.807, 2.05) is 0 Å². The topological polar surface area (TPSA) is 83.8 Å². The van der Waals surface area contributed by atoms with Crippen molar-refractivity contribution in [1.82, 2.24) is 0 Å². The third kappa shape index (κ3) is 3.57. The predicted octanol–water partition coefficient (Wildman–Crippen LogP) is 4.38. The summed E-state index contributed by atoms with van der Waals surface area (Å²) in [6.45, 7) is 9.05. The zero-order valence-corrected chi connectivity index (χ0v) is 20.7. The highest BCUT2D eigenvalue weighted by Crippen LogP contribution is 2.69. The molecule has 4 fully saturated rings. The molecule has 4 aliphatic rings. The highest BCUT2D eigenvalue weighted by atomic mass is 16.5. The zero-order valence-electron chi connectivity index (χ0n) is 20.7. The Bertz CT molecular complexity index is 736. The molecular weight excluding hydrogens is 404 g/mol. The number of ketones is 1. The normalized spacial score (nSPS) is 49.0. The molecule has 0 aromatic carbocycles. The summed E-state index contributed by atoms with van der Waals surface area (Å²) in [6.07, 6.45) is 6.24. The fourth-order valence-electron chi connectivity index (χ4n) is 9.50. The fourth-order valence-corrected chi connectivity index (χ4v) is 9.50. The average Bonchev–Trinajstić information content (AvgIpc) is 3.09. The van der Waals surface area contributed by atoms with Gasteiger partial charge in [-0.15, -0.1) is 0 Å². The van der Waals surface area contributed by atoms with Gasteiger partial charge in [0, 0.05) is 19.3 Å². The lowest BCUT2D eigenvalue weighted by Crippen LogP contribution is -2.65. The minimum absolute atomic E-state index is 0.0247. The van der Waals surface area contributed by atoms with Gasteiger partial charge in [0.1, 0.15) is 5.78 Å². The van der Waals surface area contributed by atoms with Crippen LogP contribution in [0.25, 0.3) is 0 Å². The number of Topliss-reactive ketones (excluding diaryl/α,β-unsaturated/α-hetero) is 1. The standard InChI is InChI=1S/C27H44O5/c1-6-17-20-13-16(28)11-12-26(20,3)24-21(29)14-27(4)18(15(2)7-10-22(30)32-5)8-9-19(27)23(24)25(17)31/h15,17-21,23-25,29,31H,6-14H2,1-5H3/t15-,17-,18-,19?,20+,21+,23?,24?,25-,26+,27-/m1/s1. The number of hydrogen-bond acceptors (Lipinski definition) is 5. The van der Waals surface area contributed by atoms with Crippen molar-refractivity contribution in [3.05, 3.63) is 0 Å². The lowest BCUT2D eigenvalue weighted by molar-refractivity contribution is -0.227. The smallest absolute Gasteiger partial charge is 0.305 e. The Balaban J connectivity index is 1.64. The van der Waals surface area contributed by atoms with Gasteiger partial charge < -0.3 is 14.9 Å². The molecule has 2 N–H and O–H groups in total. The lowest BCUT2D eigenvalue weighted by Gasteiger charge is -2.65. The van der Waals surface area contributed by atoms with Crippen molar-refractivity contribution < 1.29 is 24.5 Å². The Labute approximate surface area is 193 Å². The minimum Gasteiger partial charge on any atom is -0.469 e. The number of esters is 1. The summed E-state index contributed by atoms with van der Waals surface area (Å²) in [6, 6.07) is 0. The second-order valence-electron chi connectivity index (χ2n) is 12.2. The molecule has 11 atom stereocenters. The Hall–Kier alpha value is -0.940. The Morgan fingerprint density at radius 3 is 2.56 bits per heavy atom. The fraction of sp³-hybridized carbons (Fsp3) is 0.926. The van der Waals surface area contributed by atoms with Gasteiger partial charge >= 0.3 is 5.97 Å². The highest BCUT2D eigenvalue weighted by molar-refractivity contribution is 5.79. The quantitative estimate of drug-likeness (QED) is 0.610. The van der Waals surface area contributed by atoms with E-state index in [0.717, 1.165) is 38.5 Å². The molecule has 0 spiro atoms. The molecule has 0 aliphatic heterocycles. The minimum atomic E-state index is -0.447. The molecule has 5 nitrogen and oxygen atoms in total. The van der Waals surface area contributed by atoms with Crippen LogP contribution in [-0.4, -0.2) is 41.3 Å². The predicted molar refractivity (Wildman–Crippen MR) is 123 cm³/mol. The Morgan fingerprint density at radius 1 is 1.19 bits per heavy atom. The van der Waals surface area contributed by atoms with Crippen molar-refractivity contribution in [2.45, 2.75) is 97.7 Å². The first kappa shape index (κ1) is 24.2. The molecule has 0 radical (unpaired) electrons. The molecule has 182 valence electrons. The van der Waals surface area contributed by atoms with E-state index in [-0.39, 0.29) is 40.5 Å². The van der Waals surface area contributed by atoms with Crippen LogP contribution in [0.4, 0.5) is 0 Å². The number of aliphatic hydroxyl groups excluding tert-OH is 2. The maximum atomic E-state index is 12.4. The van der Waals surface area contributed by atoms with Crippen molar-refractivity contribution in [2.24, 2.45) is 52.3 Å². The molecule has 5 heteroatoms. The molecule has 0 aromatic rings. The van der Waals surface area contributed by atoms with E-state index in [4.69, 9.17) is 4.74 Å². The van der Waals surface area contributed by atoms with Crippen molar-refractivity contribution in [1.29, 1.82) is 0 Å². The molecule has 0 amide bonds. The molecule has 0 aromatic heterocycles. The van der Waals surface area contributed by atoms with Gasteiger partial charge in [0.25, 0.3) is 0 Å². The van der Waals surface area contributed by atoms with Crippen molar-refractivity contribution in [3.8, 4) is 0 Å². The highest BCUT2D eigenvalue weighted by Gasteiger charge is 2.67. The van der Waals surface area contributed by atoms with E-state index in [1.54, 1.807) is 0 Å². The first-order valence-electron chi connectivity index (χ1n) is 13.0. The van der Waals surface area contributed by atoms with E-state index in [0.29, 0.717) is 42.8 Å². The number of methoxy groups -OCH3 is 1. The molecule has 4 aliphatic carbocycles. The van der Waals surface area contributed by atoms with Crippen molar-refractivity contribution in [3.63, 3.8) is 0 Å². The SMILES string of the molecule is CC[C@H]1[C@@H](O)C2C3CC[C@H]([C@H](C)CCC(=O)OC)[C@@]3(C)C[C@H](O)C2[C@@]2(C)CCC(=O)C[C@@H]12. The van der Waals surface area contributed by atoms with Gasteiger partial charge in [-0.3, -0.25) is 9.59 Å². The van der Waals surface area contributed by atoms with Crippen LogP contribution < -0.4 is 0 Å². The van der Waals surface area contributed by atoms with Crippen molar-refractivity contribution >= 4 is 11.8 Å². The van der Waals surface area contributed by atoms with Gasteiger partial charge in [-0.05, 0) is 84.4 Å². The first-order valence-corrected chi connectivity index (χ1v) is 13.0. The maximum Gasteiger partial charge on any atom is 0.305 e. The van der Waals surface area contributed by atoms with Gasteiger partial charge in [-0.25, -0.2) is 0 Å². The summed E-state index contributed by atoms with van der Waals surface area (Å²) in [5.41, 5.74) is -0.100. The van der Waals surface area contributed by atoms with Crippen LogP contribution in [0.2, 0.25) is 0 Å². The molecular formula is C27H44O5. The average molecular weight is 449 g/mol. The number of aliphatic hydroxyl groups is 2. The summed E-state index contributed by atoms with van der Waals surface area (Å²) < 4.78 is 4.85. The second-order valence-corrected chi connectivity index (χ2v) is 12.2. The number of carbonyl (C=O) groups is 2. The largest absolute Gasteiger partial charge is 0.469 e. The van der Waals surface area contributed by atoms with Gasteiger partial charge in [-0.1, -0.05) is 34.1 Å². The number of fused-ring (bicyclic) bond motifs is 5. The second kappa shape index (κ2) is 8.69. The van der Waals surface area contributed by atoms with Crippen LogP contribution in [0.5, 0.6) is 0 Å². The van der Waals surface area contributed by atoms with E-state index in [9.17, 15) is 19.8 Å². The summed E-state index contributed by atoms with van der Waals surface area (Å²) in [5, 5.41) is 23.4. The van der Waals surface area contributed by atoms with E-state index in [2.05, 4.69) is 27.7 Å². The molecule has 3 unspecified atom stereocenters. The van der Waals surface area contributed by atoms with Crippen LogP contribution in [0.15, 0.2) is 0 Å². The number of rotatable bonds is 5. The van der Waals surface area contributed by atoms with Gasteiger partial charge in [-0.2, -0.15) is 0 Å². The third-order valence-electron chi connectivity index (χ3n) is 11.0. The first-order chi connectivity index (χ1) is 15.1. The van der Waals surface area contributed by atoms with Gasteiger partial charge in [0.2, 0.25) is 0 Å². The van der Waals surface area contributed by atoms with E-state index in [1.165, 1.54) is 7.11 Å². The molecule has 0 bridgehead atoms. The zero-order chi connectivity index (χ0) is 23.4. The third-order valence-corrected chi connectivity index (χ3v) is 11.0. The number of hydrogen-bond donors (Lipinski definition) is 2. The summed E-state index contributed by atoms with van der Waals surface area (Å²) >= 11 is 0. The molecule has 0 saturated heterocycles. The Morgan fingerprint density at radius 2 is 1.91 bits per heavy atom. The van der Waals surface area contributed by atoms with Crippen LogP contribution in [0, 0.1) is 52.3 Å². The van der Waals surface area contributed by atoms with Gasteiger partial charge in [0.15, 0.2) is 0 Å². The van der Waals surface area contributed by atoms with E-state index < -0.39 is 12.2 Å². The number of carbonyl (C=O) groups excluding carboxylic acids is 2. The summed E-state index contributed by atoms with van der Waals surface area (Å²) in [4.78, 5) is 24.1. The lowest BCUT2D eigenvalue weighted by atomic mass is 9.41. The van der Waals surface area contributed by atoms with Gasteiger partial charge in [0.05, 0.1) is 19.3 Å².